The van der Waals surface area contributed by atoms with E-state index >= 15 is 0 Å². The van der Waals surface area contributed by atoms with E-state index in [4.69, 9.17) is 0 Å². The van der Waals surface area contributed by atoms with Crippen LogP contribution in [0.15, 0.2) is 53.1 Å². The van der Waals surface area contributed by atoms with Crippen molar-refractivity contribution in [2.75, 3.05) is 5.32 Å². The molecule has 0 bridgehead atoms. The molecule has 0 saturated heterocycles. The number of nitrogens with one attached hydrogen (secondary N) is 1. The molecule has 140 valence electrons. The summed E-state index contributed by atoms with van der Waals surface area (Å²) < 4.78 is 55.2. The van der Waals surface area contributed by atoms with Crippen molar-refractivity contribution < 1.29 is 22.4 Å². The van der Waals surface area contributed by atoms with E-state index in [9.17, 15) is 22.4 Å². The number of benzene rings is 2. The van der Waals surface area contributed by atoms with Gasteiger partial charge in [-0.2, -0.15) is 18.3 Å². The van der Waals surface area contributed by atoms with E-state index in [1.54, 1.807) is 25.1 Å². The van der Waals surface area contributed by atoms with Crippen molar-refractivity contribution in [2.45, 2.75) is 13.1 Å². The molecule has 0 unspecified atom stereocenters. The Bertz CT molecular complexity index is 997. The Hall–Kier alpha value is -2.68. The molecule has 0 aliphatic carbocycles. The molecule has 0 aliphatic rings. The summed E-state index contributed by atoms with van der Waals surface area (Å²) in [6.07, 6.45) is -4.00. The number of halogens is 5. The maximum Gasteiger partial charge on any atom is 0.434 e. The van der Waals surface area contributed by atoms with Crippen LogP contribution >= 0.6 is 15.9 Å². The zero-order valence-electron chi connectivity index (χ0n) is 13.8. The van der Waals surface area contributed by atoms with Crippen molar-refractivity contribution in [1.29, 1.82) is 0 Å². The second-order valence-electron chi connectivity index (χ2n) is 5.71. The van der Waals surface area contributed by atoms with Gasteiger partial charge < -0.3 is 5.32 Å². The monoisotopic (exact) mass is 441 g/mol. The lowest BCUT2D eigenvalue weighted by Crippen LogP contribution is -2.20. The Morgan fingerprint density at radius 1 is 1.15 bits per heavy atom. The van der Waals surface area contributed by atoms with Gasteiger partial charge in [0.15, 0.2) is 5.69 Å². The summed E-state index contributed by atoms with van der Waals surface area (Å²) in [5.74, 6) is -1.54. The maximum atomic E-state index is 13.6. The summed E-state index contributed by atoms with van der Waals surface area (Å²) in [5, 5.41) is 6.12. The van der Waals surface area contributed by atoms with E-state index in [1.807, 2.05) is 0 Å². The number of alkyl halides is 3. The molecule has 1 aromatic heterocycles. The summed E-state index contributed by atoms with van der Waals surface area (Å²) in [4.78, 5) is 12.4. The van der Waals surface area contributed by atoms with Crippen molar-refractivity contribution in [3.05, 3.63) is 75.8 Å². The second kappa shape index (κ2) is 7.15. The summed E-state index contributed by atoms with van der Waals surface area (Å²) in [7, 11) is 0. The zero-order chi connectivity index (χ0) is 19.8. The number of aromatic nitrogens is 2. The van der Waals surface area contributed by atoms with Crippen LogP contribution in [0, 0.1) is 12.7 Å². The Balaban J connectivity index is 2.01. The molecule has 3 rings (SSSR count). The lowest BCUT2D eigenvalue weighted by Gasteiger charge is -2.13. The number of nitrogens with zero attached hydrogens (tertiary/aromatic N) is 2. The molecular weight excluding hydrogens is 430 g/mol. The summed E-state index contributed by atoms with van der Waals surface area (Å²) >= 11 is 3.31. The van der Waals surface area contributed by atoms with Gasteiger partial charge >= 0.3 is 6.18 Å². The van der Waals surface area contributed by atoms with E-state index in [0.29, 0.717) is 10.4 Å². The molecule has 27 heavy (non-hydrogen) atoms. The minimum absolute atomic E-state index is 0.0118. The fourth-order valence-corrected chi connectivity index (χ4v) is 2.73. The van der Waals surface area contributed by atoms with Crippen LogP contribution in [0.3, 0.4) is 0 Å². The molecular formula is C18H12BrF4N3O. The van der Waals surface area contributed by atoms with Crippen molar-refractivity contribution in [3.63, 3.8) is 0 Å². The fraction of sp³-hybridized carbons (Fsp3) is 0.111. The van der Waals surface area contributed by atoms with Crippen molar-refractivity contribution in [1.82, 2.24) is 9.78 Å². The van der Waals surface area contributed by atoms with Gasteiger partial charge in [0.2, 0.25) is 0 Å². The van der Waals surface area contributed by atoms with Gasteiger partial charge in [0.05, 0.1) is 17.4 Å². The SMILES string of the molecule is Cc1cc(NC(=O)c2cnn(-c3ccc(F)cc3)c2C(F)(F)F)ccc1Br. The highest BCUT2D eigenvalue weighted by Gasteiger charge is 2.40. The molecule has 1 N–H and O–H groups in total. The normalized spacial score (nSPS) is 11.5. The fourth-order valence-electron chi connectivity index (χ4n) is 2.49. The first-order valence-electron chi connectivity index (χ1n) is 7.65. The number of rotatable bonds is 3. The van der Waals surface area contributed by atoms with Gasteiger partial charge in [0.1, 0.15) is 5.82 Å². The quantitative estimate of drug-likeness (QED) is 0.556. The van der Waals surface area contributed by atoms with Crippen LogP contribution in [0.2, 0.25) is 0 Å². The highest BCUT2D eigenvalue weighted by Crippen LogP contribution is 2.34. The molecule has 4 nitrogen and oxygen atoms in total. The Kier molecular flexibility index (Phi) is 5.05. The van der Waals surface area contributed by atoms with Gasteiger partial charge in [-0.15, -0.1) is 0 Å². The molecule has 1 heterocycles. The first-order chi connectivity index (χ1) is 12.7. The lowest BCUT2D eigenvalue weighted by molar-refractivity contribution is -0.143. The third-order valence-corrected chi connectivity index (χ3v) is 4.66. The smallest absolute Gasteiger partial charge is 0.322 e. The molecule has 9 heteroatoms. The number of hydrogen-bond acceptors (Lipinski definition) is 2. The van der Waals surface area contributed by atoms with Gasteiger partial charge in [-0.05, 0) is 55.0 Å². The number of aryl methyl sites for hydroxylation is 1. The predicted octanol–water partition coefficient (Wildman–Crippen LogP) is 5.35. The largest absolute Gasteiger partial charge is 0.434 e. The van der Waals surface area contributed by atoms with Crippen LogP contribution < -0.4 is 5.32 Å². The van der Waals surface area contributed by atoms with Crippen LogP contribution in [-0.4, -0.2) is 15.7 Å². The van der Waals surface area contributed by atoms with Gasteiger partial charge in [-0.3, -0.25) is 4.79 Å². The van der Waals surface area contributed by atoms with Crippen molar-refractivity contribution >= 4 is 27.5 Å². The van der Waals surface area contributed by atoms with Crippen LogP contribution in [0.4, 0.5) is 23.2 Å². The van der Waals surface area contributed by atoms with Gasteiger partial charge in [-0.25, -0.2) is 9.07 Å². The van der Waals surface area contributed by atoms with Gasteiger partial charge in [0, 0.05) is 10.2 Å². The second-order valence-corrected chi connectivity index (χ2v) is 6.57. The van der Waals surface area contributed by atoms with Gasteiger partial charge in [0.25, 0.3) is 5.91 Å². The highest BCUT2D eigenvalue weighted by molar-refractivity contribution is 9.10. The number of anilines is 1. The summed E-state index contributed by atoms with van der Waals surface area (Å²) in [5.41, 5.74) is -0.718. The molecule has 1 amide bonds. The zero-order valence-corrected chi connectivity index (χ0v) is 15.4. The van der Waals surface area contributed by atoms with Gasteiger partial charge in [-0.1, -0.05) is 15.9 Å². The molecule has 0 spiro atoms. The third kappa shape index (κ3) is 4.02. The summed E-state index contributed by atoms with van der Waals surface area (Å²) in [6, 6.07) is 9.20. The standard InChI is InChI=1S/C18H12BrF4N3O/c1-10-8-12(4-7-15(10)19)25-17(27)14-9-24-26(16(14)18(21,22)23)13-5-2-11(20)3-6-13/h2-9H,1H3,(H,25,27). The van der Waals surface area contributed by atoms with Crippen LogP contribution in [-0.2, 0) is 6.18 Å². The number of carbonyl (C=O) groups is 1. The Labute approximate surface area is 159 Å². The molecule has 2 aromatic carbocycles. The number of carbonyl (C=O) groups excluding carboxylic acids is 1. The lowest BCUT2D eigenvalue weighted by atomic mass is 10.2. The van der Waals surface area contributed by atoms with Crippen LogP contribution in [0.1, 0.15) is 21.6 Å². The van der Waals surface area contributed by atoms with E-state index in [-0.39, 0.29) is 5.69 Å². The minimum atomic E-state index is -4.84. The number of amides is 1. The molecule has 0 atom stereocenters. The Morgan fingerprint density at radius 3 is 2.41 bits per heavy atom. The average molecular weight is 442 g/mol. The van der Waals surface area contributed by atoms with Crippen molar-refractivity contribution in [2.24, 2.45) is 0 Å². The predicted molar refractivity (Wildman–Crippen MR) is 95.4 cm³/mol. The third-order valence-electron chi connectivity index (χ3n) is 3.77. The van der Waals surface area contributed by atoms with E-state index in [0.717, 1.165) is 40.5 Å². The number of hydrogen-bond donors (Lipinski definition) is 1. The molecule has 0 fully saturated rings. The average Bonchev–Trinajstić information content (AvgIpc) is 3.04. The minimum Gasteiger partial charge on any atom is -0.322 e. The van der Waals surface area contributed by atoms with E-state index in [1.165, 1.54) is 0 Å². The molecule has 0 aliphatic heterocycles. The first-order valence-corrected chi connectivity index (χ1v) is 8.45. The maximum absolute atomic E-state index is 13.6. The van der Waals surface area contributed by atoms with Crippen LogP contribution in [0.25, 0.3) is 5.69 Å². The first kappa shape index (κ1) is 19.1. The summed E-state index contributed by atoms with van der Waals surface area (Å²) in [6.45, 7) is 1.79. The van der Waals surface area contributed by atoms with E-state index in [2.05, 4.69) is 26.3 Å². The van der Waals surface area contributed by atoms with Crippen LogP contribution in [0.5, 0.6) is 0 Å². The van der Waals surface area contributed by atoms with E-state index < -0.39 is 29.2 Å². The molecule has 0 saturated carbocycles. The molecule has 0 radical (unpaired) electrons. The Morgan fingerprint density at radius 2 is 1.81 bits per heavy atom. The highest BCUT2D eigenvalue weighted by atomic mass is 79.9. The topological polar surface area (TPSA) is 46.9 Å². The van der Waals surface area contributed by atoms with Crippen molar-refractivity contribution in [3.8, 4) is 5.69 Å². The molecule has 3 aromatic rings.